The van der Waals surface area contributed by atoms with E-state index in [9.17, 15) is 9.59 Å². The lowest BCUT2D eigenvalue weighted by molar-refractivity contribution is -0.118. The van der Waals surface area contributed by atoms with Crippen molar-refractivity contribution in [2.75, 3.05) is 11.9 Å². The zero-order chi connectivity index (χ0) is 16.8. The van der Waals surface area contributed by atoms with Crippen LogP contribution in [-0.2, 0) is 4.79 Å². The van der Waals surface area contributed by atoms with Gasteiger partial charge in [-0.1, -0.05) is 37.6 Å². The van der Waals surface area contributed by atoms with E-state index in [0.717, 1.165) is 0 Å². The molecular weight excluding hydrogens is 314 g/mol. The van der Waals surface area contributed by atoms with Crippen molar-refractivity contribution < 1.29 is 14.3 Å². The Morgan fingerprint density at radius 1 is 1.22 bits per heavy atom. The molecule has 1 amide bonds. The monoisotopic (exact) mass is 331 g/mol. The molecule has 0 aliphatic rings. The molecule has 0 aromatic heterocycles. The second-order valence-electron chi connectivity index (χ2n) is 5.41. The van der Waals surface area contributed by atoms with Gasteiger partial charge in [-0.05, 0) is 41.8 Å². The number of halogens is 1. The highest BCUT2D eigenvalue weighted by molar-refractivity contribution is 6.30. The Labute approximate surface area is 140 Å². The van der Waals surface area contributed by atoms with Crippen LogP contribution >= 0.6 is 11.6 Å². The minimum absolute atomic E-state index is 0.186. The van der Waals surface area contributed by atoms with Crippen molar-refractivity contribution in [1.82, 2.24) is 0 Å². The molecule has 0 bridgehead atoms. The van der Waals surface area contributed by atoms with Crippen LogP contribution in [0, 0.1) is 0 Å². The van der Waals surface area contributed by atoms with Gasteiger partial charge in [0.1, 0.15) is 5.75 Å². The molecule has 0 aliphatic carbocycles. The third-order valence-electron chi connectivity index (χ3n) is 3.32. The molecule has 0 unspecified atom stereocenters. The largest absolute Gasteiger partial charge is 0.483 e. The smallest absolute Gasteiger partial charge is 0.262 e. The molecule has 0 radical (unpaired) electrons. The summed E-state index contributed by atoms with van der Waals surface area (Å²) in [4.78, 5) is 22.9. The van der Waals surface area contributed by atoms with Gasteiger partial charge < -0.3 is 10.1 Å². The molecule has 2 rings (SSSR count). The second kappa shape index (κ2) is 7.79. The van der Waals surface area contributed by atoms with E-state index < -0.39 is 0 Å². The van der Waals surface area contributed by atoms with Crippen LogP contribution in [0.1, 0.15) is 35.7 Å². The first-order valence-electron chi connectivity index (χ1n) is 7.27. The predicted molar refractivity (Wildman–Crippen MR) is 91.5 cm³/mol. The molecular formula is C18H18ClNO3. The summed E-state index contributed by atoms with van der Waals surface area (Å²) < 4.78 is 5.38. The van der Waals surface area contributed by atoms with Gasteiger partial charge >= 0.3 is 0 Å². The van der Waals surface area contributed by atoms with Crippen molar-refractivity contribution in [1.29, 1.82) is 0 Å². The fraction of sp³-hybridized carbons (Fsp3) is 0.222. The molecule has 5 heteroatoms. The number of carbonyl (C=O) groups excluding carboxylic acids is 2. The topological polar surface area (TPSA) is 55.4 Å². The number of rotatable bonds is 6. The van der Waals surface area contributed by atoms with E-state index >= 15 is 0 Å². The van der Waals surface area contributed by atoms with Gasteiger partial charge in [0, 0.05) is 10.7 Å². The van der Waals surface area contributed by atoms with Crippen LogP contribution in [0.3, 0.4) is 0 Å². The summed E-state index contributed by atoms with van der Waals surface area (Å²) in [5, 5.41) is 3.19. The molecule has 0 saturated carbocycles. The maximum absolute atomic E-state index is 11.9. The average molecular weight is 332 g/mol. The third-order valence-corrected chi connectivity index (χ3v) is 3.55. The Balaban J connectivity index is 1.94. The third kappa shape index (κ3) is 4.83. The van der Waals surface area contributed by atoms with Crippen molar-refractivity contribution in [3.05, 3.63) is 58.6 Å². The minimum atomic E-state index is -0.297. The van der Waals surface area contributed by atoms with Crippen LogP contribution < -0.4 is 10.1 Å². The van der Waals surface area contributed by atoms with Crippen LogP contribution in [0.4, 0.5) is 5.69 Å². The number of benzene rings is 2. The number of ether oxygens (including phenoxy) is 1. The van der Waals surface area contributed by atoms with E-state index in [1.54, 1.807) is 12.1 Å². The lowest BCUT2D eigenvalue weighted by Gasteiger charge is -2.10. The number of amides is 1. The van der Waals surface area contributed by atoms with E-state index in [-0.39, 0.29) is 12.5 Å². The summed E-state index contributed by atoms with van der Waals surface area (Å²) in [7, 11) is 0. The highest BCUT2D eigenvalue weighted by Crippen LogP contribution is 2.21. The minimum Gasteiger partial charge on any atom is -0.483 e. The Hall–Kier alpha value is -2.33. The number of nitrogens with one attached hydrogen (secondary N) is 1. The molecule has 2 aromatic rings. The first-order chi connectivity index (χ1) is 11.0. The fourth-order valence-electron chi connectivity index (χ4n) is 2.03. The zero-order valence-electron chi connectivity index (χ0n) is 13.0. The fourth-order valence-corrected chi connectivity index (χ4v) is 2.22. The van der Waals surface area contributed by atoms with Crippen molar-refractivity contribution in [3.8, 4) is 5.75 Å². The summed E-state index contributed by atoms with van der Waals surface area (Å²) >= 11 is 5.81. The normalized spacial score (nSPS) is 10.4. The first-order valence-corrected chi connectivity index (χ1v) is 7.64. The molecule has 0 aliphatic heterocycles. The maximum atomic E-state index is 11.9. The van der Waals surface area contributed by atoms with E-state index in [4.69, 9.17) is 16.3 Å². The summed E-state index contributed by atoms with van der Waals surface area (Å²) in [5.74, 6) is 0.471. The molecule has 0 heterocycles. The molecule has 0 fully saturated rings. The Morgan fingerprint density at radius 3 is 2.52 bits per heavy atom. The van der Waals surface area contributed by atoms with Crippen LogP contribution in [0.25, 0.3) is 0 Å². The second-order valence-corrected chi connectivity index (χ2v) is 5.85. The average Bonchev–Trinajstić information content (AvgIpc) is 2.54. The molecule has 0 spiro atoms. The van der Waals surface area contributed by atoms with Crippen molar-refractivity contribution in [2.45, 2.75) is 19.8 Å². The van der Waals surface area contributed by atoms with Crippen molar-refractivity contribution in [2.24, 2.45) is 0 Å². The quantitative estimate of drug-likeness (QED) is 0.803. The summed E-state index contributed by atoms with van der Waals surface area (Å²) in [6, 6.07) is 12.3. The highest BCUT2D eigenvalue weighted by atomic mass is 35.5. The Bertz CT molecular complexity index is 696. The standard InChI is InChI=1S/C18H18ClNO3/c1-12(2)13-3-6-16(7-4-13)20-18(22)11-23-17-8-5-15(19)9-14(17)10-21/h3-10,12H,11H2,1-2H3,(H,20,22). The van der Waals surface area contributed by atoms with Gasteiger partial charge in [-0.25, -0.2) is 0 Å². The Kier molecular flexibility index (Phi) is 5.77. The van der Waals surface area contributed by atoms with E-state index in [2.05, 4.69) is 19.2 Å². The number of carbonyl (C=O) groups is 2. The van der Waals surface area contributed by atoms with Gasteiger partial charge in [-0.2, -0.15) is 0 Å². The summed E-state index contributed by atoms with van der Waals surface area (Å²) in [6.45, 7) is 4.03. The van der Waals surface area contributed by atoms with Crippen LogP contribution in [-0.4, -0.2) is 18.8 Å². The molecule has 1 N–H and O–H groups in total. The van der Waals surface area contributed by atoms with Gasteiger partial charge in [0.15, 0.2) is 12.9 Å². The zero-order valence-corrected chi connectivity index (χ0v) is 13.8. The number of anilines is 1. The van der Waals surface area contributed by atoms with E-state index in [1.807, 2.05) is 24.3 Å². The summed E-state index contributed by atoms with van der Waals surface area (Å²) in [6.07, 6.45) is 0.643. The molecule has 2 aromatic carbocycles. The van der Waals surface area contributed by atoms with E-state index in [1.165, 1.54) is 11.6 Å². The molecule has 0 atom stereocenters. The molecule has 120 valence electrons. The number of hydrogen-bond donors (Lipinski definition) is 1. The van der Waals surface area contributed by atoms with Gasteiger partial charge in [0.25, 0.3) is 5.91 Å². The molecule has 0 saturated heterocycles. The first kappa shape index (κ1) is 17.0. The van der Waals surface area contributed by atoms with Gasteiger partial charge in [-0.3, -0.25) is 9.59 Å². The van der Waals surface area contributed by atoms with Crippen molar-refractivity contribution in [3.63, 3.8) is 0 Å². The predicted octanol–water partition coefficient (Wildman–Crippen LogP) is 4.29. The van der Waals surface area contributed by atoms with Gasteiger partial charge in [0.05, 0.1) is 5.56 Å². The lowest BCUT2D eigenvalue weighted by Crippen LogP contribution is -2.20. The van der Waals surface area contributed by atoms with Crippen LogP contribution in [0.2, 0.25) is 5.02 Å². The van der Waals surface area contributed by atoms with E-state index in [0.29, 0.717) is 34.2 Å². The molecule has 23 heavy (non-hydrogen) atoms. The molecule has 4 nitrogen and oxygen atoms in total. The lowest BCUT2D eigenvalue weighted by atomic mass is 10.0. The highest BCUT2D eigenvalue weighted by Gasteiger charge is 2.08. The van der Waals surface area contributed by atoms with Crippen molar-refractivity contribution >= 4 is 29.5 Å². The summed E-state index contributed by atoms with van der Waals surface area (Å²) in [5.41, 5.74) is 2.22. The van der Waals surface area contributed by atoms with Crippen LogP contribution in [0.5, 0.6) is 5.75 Å². The maximum Gasteiger partial charge on any atom is 0.262 e. The SMILES string of the molecule is CC(C)c1ccc(NC(=O)COc2ccc(Cl)cc2C=O)cc1. The van der Waals surface area contributed by atoms with Crippen LogP contribution in [0.15, 0.2) is 42.5 Å². The number of hydrogen-bond acceptors (Lipinski definition) is 3. The Morgan fingerprint density at radius 2 is 1.91 bits per heavy atom. The van der Waals surface area contributed by atoms with Gasteiger partial charge in [0.2, 0.25) is 0 Å². The van der Waals surface area contributed by atoms with Gasteiger partial charge in [-0.15, -0.1) is 0 Å². The number of aldehydes is 1.